The van der Waals surface area contributed by atoms with Crippen LogP contribution in [-0.4, -0.2) is 41.6 Å². The summed E-state index contributed by atoms with van der Waals surface area (Å²) in [5.74, 6) is -0.981. The SMILES string of the molecule is CN1C(C(=O)Nc2ccccc2)=C(O)CN(Cc2ccccc2)S1(=O)=O. The van der Waals surface area contributed by atoms with Crippen LogP contribution >= 0.6 is 0 Å². The number of para-hydroxylation sites is 1. The smallest absolute Gasteiger partial charge is 0.304 e. The van der Waals surface area contributed by atoms with Gasteiger partial charge in [-0.1, -0.05) is 48.5 Å². The van der Waals surface area contributed by atoms with Gasteiger partial charge in [-0.25, -0.2) is 0 Å². The number of likely N-dealkylation sites (N-methyl/N-ethyl adjacent to an activating group) is 1. The lowest BCUT2D eigenvalue weighted by atomic mass is 10.2. The lowest BCUT2D eigenvalue weighted by Gasteiger charge is -2.34. The number of nitrogens with one attached hydrogen (secondary N) is 1. The predicted octanol–water partition coefficient (Wildman–Crippen LogP) is 2.09. The molecule has 0 bridgehead atoms. The van der Waals surface area contributed by atoms with E-state index in [1.165, 1.54) is 7.05 Å². The fraction of sp³-hybridized carbons (Fsp3) is 0.167. The number of hydrogen-bond acceptors (Lipinski definition) is 4. The van der Waals surface area contributed by atoms with E-state index < -0.39 is 16.1 Å². The Morgan fingerprint density at radius 2 is 1.65 bits per heavy atom. The maximum Gasteiger partial charge on any atom is 0.304 e. The van der Waals surface area contributed by atoms with Crippen molar-refractivity contribution in [2.24, 2.45) is 0 Å². The van der Waals surface area contributed by atoms with Crippen LogP contribution in [0, 0.1) is 0 Å². The van der Waals surface area contributed by atoms with E-state index >= 15 is 0 Å². The van der Waals surface area contributed by atoms with Gasteiger partial charge in [0, 0.05) is 19.3 Å². The molecule has 7 nitrogen and oxygen atoms in total. The molecule has 1 aliphatic rings. The molecular formula is C18H19N3O4S. The Morgan fingerprint density at radius 1 is 1.08 bits per heavy atom. The van der Waals surface area contributed by atoms with Crippen LogP contribution in [0.25, 0.3) is 0 Å². The van der Waals surface area contributed by atoms with Gasteiger partial charge in [0.15, 0.2) is 5.70 Å². The zero-order valence-electron chi connectivity index (χ0n) is 14.2. The summed E-state index contributed by atoms with van der Waals surface area (Å²) in [7, 11) is -2.68. The summed E-state index contributed by atoms with van der Waals surface area (Å²) in [4.78, 5) is 12.5. The Hall–Kier alpha value is -2.84. The number of nitrogens with zero attached hydrogens (tertiary/aromatic N) is 2. The van der Waals surface area contributed by atoms with Gasteiger partial charge in [0.1, 0.15) is 5.76 Å². The molecule has 26 heavy (non-hydrogen) atoms. The second-order valence-electron chi connectivity index (χ2n) is 5.84. The molecule has 136 valence electrons. The average Bonchev–Trinajstić information content (AvgIpc) is 2.62. The molecule has 1 amide bonds. The topological polar surface area (TPSA) is 90.0 Å². The van der Waals surface area contributed by atoms with E-state index in [2.05, 4.69) is 5.32 Å². The largest absolute Gasteiger partial charge is 0.508 e. The van der Waals surface area contributed by atoms with Crippen LogP contribution in [0.5, 0.6) is 0 Å². The second kappa shape index (κ2) is 7.19. The maximum absolute atomic E-state index is 12.8. The van der Waals surface area contributed by atoms with Gasteiger partial charge in [-0.15, -0.1) is 0 Å². The number of aliphatic hydroxyl groups excluding tert-OH is 1. The fourth-order valence-corrected chi connectivity index (χ4v) is 4.07. The number of anilines is 1. The van der Waals surface area contributed by atoms with E-state index in [0.717, 1.165) is 14.2 Å². The molecule has 0 fully saturated rings. The molecule has 8 heteroatoms. The van der Waals surface area contributed by atoms with Crippen LogP contribution in [0.4, 0.5) is 5.69 Å². The summed E-state index contributed by atoms with van der Waals surface area (Å²) < 4.78 is 27.4. The maximum atomic E-state index is 12.8. The fourth-order valence-electron chi connectivity index (χ4n) is 2.70. The Kier molecular flexibility index (Phi) is 4.97. The van der Waals surface area contributed by atoms with Gasteiger partial charge in [0.25, 0.3) is 5.91 Å². The molecule has 1 heterocycles. The van der Waals surface area contributed by atoms with E-state index in [-0.39, 0.29) is 24.5 Å². The number of aliphatic hydroxyl groups is 1. The van der Waals surface area contributed by atoms with Gasteiger partial charge in [-0.3, -0.25) is 9.10 Å². The van der Waals surface area contributed by atoms with Crippen LogP contribution in [0.1, 0.15) is 5.56 Å². The number of hydrogen-bond donors (Lipinski definition) is 2. The highest BCUT2D eigenvalue weighted by molar-refractivity contribution is 7.86. The summed E-state index contributed by atoms with van der Waals surface area (Å²) in [5.41, 5.74) is 1.02. The molecule has 0 unspecified atom stereocenters. The average molecular weight is 373 g/mol. The molecule has 2 aromatic rings. The van der Waals surface area contributed by atoms with Gasteiger partial charge < -0.3 is 10.4 Å². The van der Waals surface area contributed by atoms with Crippen LogP contribution < -0.4 is 5.32 Å². The molecule has 0 radical (unpaired) electrons. The summed E-state index contributed by atoms with van der Waals surface area (Å²) in [6, 6.07) is 17.7. The van der Waals surface area contributed by atoms with Gasteiger partial charge in [0.2, 0.25) is 0 Å². The highest BCUT2D eigenvalue weighted by Crippen LogP contribution is 2.25. The summed E-state index contributed by atoms with van der Waals surface area (Å²) in [6.45, 7) is -0.162. The standard InChI is InChI=1S/C18H19N3O4S/c1-20-17(18(23)19-15-10-6-3-7-11-15)16(22)13-21(26(20,24)25)12-14-8-4-2-5-9-14/h2-11,22H,12-13H2,1H3,(H,19,23). The minimum atomic E-state index is -3.93. The zero-order chi connectivity index (χ0) is 18.7. The number of rotatable bonds is 4. The third kappa shape index (κ3) is 3.56. The quantitative estimate of drug-likeness (QED) is 0.859. The normalized spacial score (nSPS) is 17.2. The predicted molar refractivity (Wildman–Crippen MR) is 98.3 cm³/mol. The molecule has 0 saturated heterocycles. The molecule has 0 aromatic heterocycles. The number of amides is 1. The van der Waals surface area contributed by atoms with Crippen molar-refractivity contribution in [1.29, 1.82) is 0 Å². The van der Waals surface area contributed by atoms with Gasteiger partial charge in [0.05, 0.1) is 6.54 Å². The van der Waals surface area contributed by atoms with Crippen molar-refractivity contribution in [3.05, 3.63) is 77.7 Å². The minimum absolute atomic E-state index is 0.102. The lowest BCUT2D eigenvalue weighted by Crippen LogP contribution is -2.49. The third-order valence-electron chi connectivity index (χ3n) is 4.04. The lowest BCUT2D eigenvalue weighted by molar-refractivity contribution is -0.114. The van der Waals surface area contributed by atoms with Crippen LogP contribution in [0.3, 0.4) is 0 Å². The van der Waals surface area contributed by atoms with Gasteiger partial charge in [-0.05, 0) is 17.7 Å². The van der Waals surface area contributed by atoms with Crippen LogP contribution in [0.2, 0.25) is 0 Å². The molecule has 1 aliphatic heterocycles. The molecule has 0 spiro atoms. The van der Waals surface area contributed by atoms with E-state index in [4.69, 9.17) is 0 Å². The van der Waals surface area contributed by atoms with Crippen molar-refractivity contribution in [2.45, 2.75) is 6.54 Å². The highest BCUT2D eigenvalue weighted by atomic mass is 32.2. The molecule has 3 rings (SSSR count). The zero-order valence-corrected chi connectivity index (χ0v) is 15.0. The number of benzene rings is 2. The van der Waals surface area contributed by atoms with E-state index in [1.807, 2.05) is 18.2 Å². The molecule has 0 atom stereocenters. The monoisotopic (exact) mass is 373 g/mol. The second-order valence-corrected chi connectivity index (χ2v) is 7.80. The molecule has 2 aromatic carbocycles. The van der Waals surface area contributed by atoms with Crippen LogP contribution in [0.15, 0.2) is 72.1 Å². The first kappa shape index (κ1) is 18.0. The number of carbonyl (C=O) groups is 1. The van der Waals surface area contributed by atoms with Crippen molar-refractivity contribution in [3.8, 4) is 0 Å². The first-order chi connectivity index (χ1) is 12.4. The molecule has 0 aliphatic carbocycles. The van der Waals surface area contributed by atoms with E-state index in [1.54, 1.807) is 42.5 Å². The third-order valence-corrected chi connectivity index (χ3v) is 5.82. The van der Waals surface area contributed by atoms with Crippen molar-refractivity contribution in [1.82, 2.24) is 8.61 Å². The highest BCUT2D eigenvalue weighted by Gasteiger charge is 2.39. The first-order valence-corrected chi connectivity index (χ1v) is 9.35. The Labute approximate surface area is 152 Å². The van der Waals surface area contributed by atoms with E-state index in [0.29, 0.717) is 5.69 Å². The summed E-state index contributed by atoms with van der Waals surface area (Å²) >= 11 is 0. The Bertz CT molecular complexity index is 927. The molecular weight excluding hydrogens is 354 g/mol. The molecule has 2 N–H and O–H groups in total. The molecule has 0 saturated carbocycles. The van der Waals surface area contributed by atoms with Gasteiger partial charge in [-0.2, -0.15) is 12.7 Å². The Morgan fingerprint density at radius 3 is 2.27 bits per heavy atom. The Balaban J connectivity index is 1.86. The van der Waals surface area contributed by atoms with Crippen molar-refractivity contribution < 1.29 is 18.3 Å². The number of carbonyl (C=O) groups excluding carboxylic acids is 1. The van der Waals surface area contributed by atoms with Gasteiger partial charge >= 0.3 is 10.2 Å². The first-order valence-electron chi connectivity index (χ1n) is 7.96. The van der Waals surface area contributed by atoms with E-state index in [9.17, 15) is 18.3 Å². The summed E-state index contributed by atoms with van der Waals surface area (Å²) in [5, 5.41) is 12.9. The summed E-state index contributed by atoms with van der Waals surface area (Å²) in [6.07, 6.45) is 0. The van der Waals surface area contributed by atoms with Crippen molar-refractivity contribution in [2.75, 3.05) is 18.9 Å². The van der Waals surface area contributed by atoms with Crippen molar-refractivity contribution >= 4 is 21.8 Å². The van der Waals surface area contributed by atoms with Crippen molar-refractivity contribution in [3.63, 3.8) is 0 Å². The van der Waals surface area contributed by atoms with Crippen LogP contribution in [-0.2, 0) is 21.5 Å². The minimum Gasteiger partial charge on any atom is -0.508 e.